The Hall–Kier alpha value is -0.180. The van der Waals surface area contributed by atoms with E-state index in [-0.39, 0.29) is 11.3 Å². The molecule has 1 N–H and O–H groups in total. The molecule has 92 valence electrons. The first kappa shape index (κ1) is 12.3. The lowest BCUT2D eigenvalue weighted by Crippen LogP contribution is -2.38. The predicted molar refractivity (Wildman–Crippen MR) is 69.6 cm³/mol. The molecule has 3 unspecified atom stereocenters. The first-order chi connectivity index (χ1) is 7.56. The van der Waals surface area contributed by atoms with E-state index >= 15 is 0 Å². The number of hydrogen-bond acceptors (Lipinski definition) is 2. The Bertz CT molecular complexity index is 275. The normalized spacial score (nSPS) is 36.1. The molecule has 0 aromatic carbocycles. The minimum atomic E-state index is 0.248. The number of thiol groups is 1. The summed E-state index contributed by atoms with van der Waals surface area (Å²) in [5.74, 6) is 2.49. The molecule has 0 bridgehead atoms. The van der Waals surface area contributed by atoms with Gasteiger partial charge in [0.2, 0.25) is 5.91 Å². The maximum Gasteiger partial charge on any atom is 0.220 e. The molecule has 16 heavy (non-hydrogen) atoms. The van der Waals surface area contributed by atoms with Gasteiger partial charge in [-0.1, -0.05) is 13.8 Å². The van der Waals surface area contributed by atoms with Gasteiger partial charge in [0.1, 0.15) is 0 Å². The van der Waals surface area contributed by atoms with Gasteiger partial charge in [-0.3, -0.25) is 4.79 Å². The smallest absolute Gasteiger partial charge is 0.220 e. The third kappa shape index (κ3) is 2.55. The number of rotatable bonds is 4. The van der Waals surface area contributed by atoms with Crippen molar-refractivity contribution in [3.05, 3.63) is 0 Å². The maximum atomic E-state index is 11.9. The summed E-state index contributed by atoms with van der Waals surface area (Å²) in [5, 5.41) is 3.22. The highest BCUT2D eigenvalue weighted by Crippen LogP contribution is 2.49. The van der Waals surface area contributed by atoms with Gasteiger partial charge in [-0.2, -0.15) is 12.6 Å². The van der Waals surface area contributed by atoms with Crippen molar-refractivity contribution in [2.24, 2.45) is 17.3 Å². The Balaban J connectivity index is 1.79. The van der Waals surface area contributed by atoms with Crippen LogP contribution in [0.3, 0.4) is 0 Å². The van der Waals surface area contributed by atoms with E-state index in [0.29, 0.717) is 18.4 Å². The van der Waals surface area contributed by atoms with Crippen LogP contribution in [0, 0.1) is 17.3 Å². The second-order valence-electron chi connectivity index (χ2n) is 5.92. The molecule has 0 aliphatic heterocycles. The SMILES string of the molecule is CC1CCC(NC(=O)CC2(CS)CC2)C1C. The lowest BCUT2D eigenvalue weighted by molar-refractivity contribution is -0.123. The lowest BCUT2D eigenvalue weighted by atomic mass is 9.97. The van der Waals surface area contributed by atoms with Crippen LogP contribution < -0.4 is 5.32 Å². The second kappa shape index (κ2) is 4.59. The molecule has 2 aliphatic carbocycles. The number of amides is 1. The molecule has 0 aromatic heterocycles. The van der Waals surface area contributed by atoms with Crippen molar-refractivity contribution in [2.75, 3.05) is 5.75 Å². The summed E-state index contributed by atoms with van der Waals surface area (Å²) >= 11 is 4.34. The molecule has 2 aliphatic rings. The van der Waals surface area contributed by atoms with E-state index in [9.17, 15) is 4.79 Å². The molecule has 2 nitrogen and oxygen atoms in total. The first-order valence-electron chi connectivity index (χ1n) is 6.46. The van der Waals surface area contributed by atoms with Gasteiger partial charge < -0.3 is 5.32 Å². The molecule has 0 aromatic rings. The number of carbonyl (C=O) groups excluding carboxylic acids is 1. The van der Waals surface area contributed by atoms with Crippen LogP contribution in [0.4, 0.5) is 0 Å². The van der Waals surface area contributed by atoms with Gasteiger partial charge in [-0.25, -0.2) is 0 Å². The summed E-state index contributed by atoms with van der Waals surface area (Å²) in [6, 6.07) is 0.415. The summed E-state index contributed by atoms with van der Waals surface area (Å²) in [4.78, 5) is 11.9. The van der Waals surface area contributed by atoms with Gasteiger partial charge in [0.05, 0.1) is 0 Å². The van der Waals surface area contributed by atoms with Crippen LogP contribution in [0.5, 0.6) is 0 Å². The first-order valence-corrected chi connectivity index (χ1v) is 7.10. The average Bonchev–Trinajstić information content (AvgIpc) is 2.96. The van der Waals surface area contributed by atoms with Crippen molar-refractivity contribution in [1.82, 2.24) is 5.32 Å². The Labute approximate surface area is 104 Å². The van der Waals surface area contributed by atoms with E-state index in [2.05, 4.69) is 31.8 Å². The topological polar surface area (TPSA) is 29.1 Å². The van der Waals surface area contributed by atoms with Gasteiger partial charge in [-0.15, -0.1) is 0 Å². The Morgan fingerprint density at radius 2 is 2.06 bits per heavy atom. The van der Waals surface area contributed by atoms with Crippen LogP contribution in [-0.4, -0.2) is 17.7 Å². The Kier molecular flexibility index (Phi) is 3.53. The molecule has 0 heterocycles. The van der Waals surface area contributed by atoms with E-state index in [1.165, 1.54) is 19.3 Å². The molecular weight excluding hydrogens is 218 g/mol. The summed E-state index contributed by atoms with van der Waals surface area (Å²) in [6.07, 6.45) is 5.46. The van der Waals surface area contributed by atoms with Crippen molar-refractivity contribution in [3.63, 3.8) is 0 Å². The van der Waals surface area contributed by atoms with E-state index < -0.39 is 0 Å². The van der Waals surface area contributed by atoms with Gasteiger partial charge in [-0.05, 0) is 48.7 Å². The zero-order chi connectivity index (χ0) is 11.8. The largest absolute Gasteiger partial charge is 0.353 e. The summed E-state index contributed by atoms with van der Waals surface area (Å²) in [6.45, 7) is 4.54. The summed E-state index contributed by atoms with van der Waals surface area (Å²) in [7, 11) is 0. The van der Waals surface area contributed by atoms with Crippen LogP contribution in [-0.2, 0) is 4.79 Å². The molecule has 0 spiro atoms. The van der Waals surface area contributed by atoms with Gasteiger partial charge in [0.15, 0.2) is 0 Å². The fraction of sp³-hybridized carbons (Fsp3) is 0.923. The highest BCUT2D eigenvalue weighted by molar-refractivity contribution is 7.80. The average molecular weight is 241 g/mol. The van der Waals surface area contributed by atoms with Crippen molar-refractivity contribution in [3.8, 4) is 0 Å². The van der Waals surface area contributed by atoms with E-state index in [0.717, 1.165) is 18.1 Å². The fourth-order valence-electron chi connectivity index (χ4n) is 2.73. The molecule has 1 amide bonds. The highest BCUT2D eigenvalue weighted by atomic mass is 32.1. The number of carbonyl (C=O) groups is 1. The predicted octanol–water partition coefficient (Wildman–Crippen LogP) is 2.64. The summed E-state index contributed by atoms with van der Waals surface area (Å²) < 4.78 is 0. The highest BCUT2D eigenvalue weighted by Gasteiger charge is 2.43. The van der Waals surface area contributed by atoms with Gasteiger partial charge >= 0.3 is 0 Å². The maximum absolute atomic E-state index is 11.9. The minimum Gasteiger partial charge on any atom is -0.353 e. The molecule has 2 rings (SSSR count). The Morgan fingerprint density at radius 3 is 2.50 bits per heavy atom. The van der Waals surface area contributed by atoms with E-state index in [1.807, 2.05) is 0 Å². The summed E-state index contributed by atoms with van der Waals surface area (Å²) in [5.41, 5.74) is 0.251. The van der Waals surface area contributed by atoms with Crippen molar-refractivity contribution < 1.29 is 4.79 Å². The van der Waals surface area contributed by atoms with Crippen molar-refractivity contribution in [1.29, 1.82) is 0 Å². The molecule has 0 saturated heterocycles. The monoisotopic (exact) mass is 241 g/mol. The molecule has 2 saturated carbocycles. The van der Waals surface area contributed by atoms with Gasteiger partial charge in [0, 0.05) is 12.5 Å². The van der Waals surface area contributed by atoms with Crippen LogP contribution in [0.2, 0.25) is 0 Å². The quantitative estimate of drug-likeness (QED) is 0.728. The van der Waals surface area contributed by atoms with E-state index in [1.54, 1.807) is 0 Å². The molecular formula is C13H23NOS. The zero-order valence-corrected chi connectivity index (χ0v) is 11.2. The standard InChI is InChI=1S/C13H23NOS/c1-9-3-4-11(10(9)2)14-12(15)7-13(8-16)5-6-13/h9-11,16H,3-8H2,1-2H3,(H,14,15). The third-order valence-electron chi connectivity index (χ3n) is 4.64. The zero-order valence-electron chi connectivity index (χ0n) is 10.3. The molecule has 3 heteroatoms. The minimum absolute atomic E-state index is 0.248. The Morgan fingerprint density at radius 1 is 1.38 bits per heavy atom. The number of hydrogen-bond donors (Lipinski definition) is 2. The molecule has 0 radical (unpaired) electrons. The van der Waals surface area contributed by atoms with Crippen LogP contribution >= 0.6 is 12.6 Å². The third-order valence-corrected chi connectivity index (χ3v) is 5.31. The van der Waals surface area contributed by atoms with Crippen LogP contribution in [0.1, 0.15) is 46.0 Å². The van der Waals surface area contributed by atoms with Gasteiger partial charge in [0.25, 0.3) is 0 Å². The lowest BCUT2D eigenvalue weighted by Gasteiger charge is -2.21. The number of nitrogens with one attached hydrogen (secondary N) is 1. The van der Waals surface area contributed by atoms with Crippen molar-refractivity contribution in [2.45, 2.75) is 52.0 Å². The van der Waals surface area contributed by atoms with E-state index in [4.69, 9.17) is 0 Å². The molecule has 3 atom stereocenters. The van der Waals surface area contributed by atoms with Crippen molar-refractivity contribution >= 4 is 18.5 Å². The van der Waals surface area contributed by atoms with Crippen LogP contribution in [0.15, 0.2) is 0 Å². The van der Waals surface area contributed by atoms with Crippen LogP contribution in [0.25, 0.3) is 0 Å². The molecule has 2 fully saturated rings. The fourth-order valence-corrected chi connectivity index (χ4v) is 3.16. The second-order valence-corrected chi connectivity index (χ2v) is 6.24.